The van der Waals surface area contributed by atoms with Crippen LogP contribution in [0.5, 0.6) is 0 Å². The van der Waals surface area contributed by atoms with E-state index in [1.807, 2.05) is 12.1 Å². The molecular weight excluding hydrogens is 383 g/mol. The number of amides is 1. The summed E-state index contributed by atoms with van der Waals surface area (Å²) in [5.74, 6) is 0.0997. The number of rotatable bonds is 5. The van der Waals surface area contributed by atoms with E-state index in [0.717, 1.165) is 28.3 Å². The van der Waals surface area contributed by atoms with Crippen LogP contribution < -0.4 is 5.32 Å². The van der Waals surface area contributed by atoms with E-state index in [1.54, 1.807) is 30.7 Å². The molecule has 0 spiro atoms. The maximum Gasteiger partial charge on any atom is 0.417 e. The lowest BCUT2D eigenvalue weighted by atomic mass is 10.2. The van der Waals surface area contributed by atoms with Crippen LogP contribution in [0.4, 0.5) is 18.2 Å². The van der Waals surface area contributed by atoms with Crippen molar-refractivity contribution in [2.45, 2.75) is 17.0 Å². The van der Waals surface area contributed by atoms with Crippen LogP contribution in [-0.4, -0.2) is 15.9 Å². The number of nitrogens with one attached hydrogen (secondary N) is 1. The quantitative estimate of drug-likeness (QED) is 0.611. The Labute approximate surface area is 155 Å². The van der Waals surface area contributed by atoms with Crippen LogP contribution in [0.2, 0.25) is 0 Å². The number of hydrogen-bond donors (Lipinski definition) is 1. The Hall–Kier alpha value is -2.39. The fourth-order valence-corrected chi connectivity index (χ4v) is 3.79. The first-order chi connectivity index (χ1) is 12.4. The normalized spacial score (nSPS) is 11.3. The third kappa shape index (κ3) is 4.61. The molecule has 9 heteroatoms. The molecular formula is C17H12F3N3OS2. The summed E-state index contributed by atoms with van der Waals surface area (Å²) in [6, 6.07) is 7.85. The highest BCUT2D eigenvalue weighted by Gasteiger charge is 2.31. The Morgan fingerprint density at radius 1 is 1.19 bits per heavy atom. The molecule has 0 unspecified atom stereocenters. The SMILES string of the molecule is O=C(Nc1cc(C(F)(F)F)cs1)c1cccnc1SCc1ccncc1. The molecule has 0 aliphatic heterocycles. The van der Waals surface area contributed by atoms with Crippen LogP contribution in [0, 0.1) is 0 Å². The van der Waals surface area contributed by atoms with Gasteiger partial charge in [-0.25, -0.2) is 4.98 Å². The van der Waals surface area contributed by atoms with Crippen molar-refractivity contribution in [2.75, 3.05) is 5.32 Å². The van der Waals surface area contributed by atoms with Gasteiger partial charge in [0.2, 0.25) is 0 Å². The number of carbonyl (C=O) groups is 1. The van der Waals surface area contributed by atoms with Crippen molar-refractivity contribution in [2.24, 2.45) is 0 Å². The topological polar surface area (TPSA) is 54.9 Å². The van der Waals surface area contributed by atoms with Crippen LogP contribution in [0.25, 0.3) is 0 Å². The highest BCUT2D eigenvalue weighted by atomic mass is 32.2. The van der Waals surface area contributed by atoms with Gasteiger partial charge in [0.05, 0.1) is 16.1 Å². The number of halogens is 3. The molecule has 0 fully saturated rings. The molecule has 0 radical (unpaired) electrons. The first-order valence-corrected chi connectivity index (χ1v) is 9.24. The van der Waals surface area contributed by atoms with E-state index in [-0.39, 0.29) is 5.00 Å². The maximum atomic E-state index is 12.7. The predicted octanol–water partition coefficient (Wildman–Crippen LogP) is 5.10. The minimum absolute atomic E-state index is 0.135. The molecule has 3 rings (SSSR count). The van der Waals surface area contributed by atoms with Crippen molar-refractivity contribution in [3.8, 4) is 0 Å². The van der Waals surface area contributed by atoms with Gasteiger partial charge in [-0.3, -0.25) is 9.78 Å². The lowest BCUT2D eigenvalue weighted by Gasteiger charge is -2.08. The molecule has 3 aromatic heterocycles. The summed E-state index contributed by atoms with van der Waals surface area (Å²) in [6.45, 7) is 0. The minimum Gasteiger partial charge on any atom is -0.313 e. The molecule has 0 aromatic carbocycles. The maximum absolute atomic E-state index is 12.7. The van der Waals surface area contributed by atoms with Gasteiger partial charge in [-0.15, -0.1) is 23.1 Å². The molecule has 0 atom stereocenters. The van der Waals surface area contributed by atoms with Crippen molar-refractivity contribution in [3.63, 3.8) is 0 Å². The van der Waals surface area contributed by atoms with Gasteiger partial charge in [0.1, 0.15) is 5.03 Å². The van der Waals surface area contributed by atoms with E-state index >= 15 is 0 Å². The molecule has 0 saturated heterocycles. The molecule has 0 saturated carbocycles. The zero-order chi connectivity index (χ0) is 18.6. The minimum atomic E-state index is -4.43. The van der Waals surface area contributed by atoms with Crippen molar-refractivity contribution in [1.29, 1.82) is 0 Å². The lowest BCUT2D eigenvalue weighted by molar-refractivity contribution is -0.137. The first-order valence-electron chi connectivity index (χ1n) is 7.37. The summed E-state index contributed by atoms with van der Waals surface area (Å²) in [5.41, 5.74) is 0.555. The predicted molar refractivity (Wildman–Crippen MR) is 95.3 cm³/mol. The smallest absolute Gasteiger partial charge is 0.313 e. The van der Waals surface area contributed by atoms with Crippen molar-refractivity contribution >= 4 is 34.0 Å². The van der Waals surface area contributed by atoms with E-state index in [2.05, 4.69) is 15.3 Å². The zero-order valence-electron chi connectivity index (χ0n) is 13.2. The third-order valence-electron chi connectivity index (χ3n) is 3.30. The Balaban J connectivity index is 1.72. The van der Waals surface area contributed by atoms with Gasteiger partial charge in [-0.2, -0.15) is 13.2 Å². The Bertz CT molecular complexity index is 898. The Kier molecular flexibility index (Phi) is 5.58. The van der Waals surface area contributed by atoms with Gasteiger partial charge in [0.15, 0.2) is 0 Å². The standard InChI is InChI=1S/C17H12F3N3OS2/c18-17(19,20)12-8-14(25-10-12)23-15(24)13-2-1-5-22-16(13)26-9-11-3-6-21-7-4-11/h1-8,10H,9H2,(H,23,24). The molecule has 1 N–H and O–H groups in total. The molecule has 0 aliphatic rings. The van der Waals surface area contributed by atoms with Crippen LogP contribution in [0.3, 0.4) is 0 Å². The number of pyridine rings is 2. The van der Waals surface area contributed by atoms with Gasteiger partial charge in [0.25, 0.3) is 5.91 Å². The molecule has 3 aromatic rings. The molecule has 0 bridgehead atoms. The summed E-state index contributed by atoms with van der Waals surface area (Å²) in [6.07, 6.45) is 0.492. The largest absolute Gasteiger partial charge is 0.417 e. The fraction of sp³-hybridized carbons (Fsp3) is 0.118. The van der Waals surface area contributed by atoms with Crippen molar-refractivity contribution < 1.29 is 18.0 Å². The van der Waals surface area contributed by atoms with E-state index in [4.69, 9.17) is 0 Å². The van der Waals surface area contributed by atoms with Gasteiger partial charge in [-0.05, 0) is 35.9 Å². The molecule has 0 aliphatic carbocycles. The average Bonchev–Trinajstić information content (AvgIpc) is 3.10. The van der Waals surface area contributed by atoms with Gasteiger partial charge in [0, 0.05) is 29.7 Å². The number of aromatic nitrogens is 2. The molecule has 134 valence electrons. The van der Waals surface area contributed by atoms with Crippen molar-refractivity contribution in [3.05, 3.63) is 71.0 Å². The monoisotopic (exact) mass is 395 g/mol. The molecule has 26 heavy (non-hydrogen) atoms. The number of thiophene rings is 1. The second kappa shape index (κ2) is 7.88. The van der Waals surface area contributed by atoms with E-state index < -0.39 is 17.6 Å². The van der Waals surface area contributed by atoms with E-state index in [1.165, 1.54) is 11.8 Å². The van der Waals surface area contributed by atoms with Gasteiger partial charge >= 0.3 is 6.18 Å². The van der Waals surface area contributed by atoms with Crippen LogP contribution in [0.15, 0.2) is 59.3 Å². The fourth-order valence-electron chi connectivity index (χ4n) is 2.04. The number of carbonyl (C=O) groups excluding carboxylic acids is 1. The average molecular weight is 395 g/mol. The van der Waals surface area contributed by atoms with Gasteiger partial charge in [-0.1, -0.05) is 0 Å². The number of anilines is 1. The second-order valence-corrected chi connectivity index (χ2v) is 7.03. The number of thioether (sulfide) groups is 1. The van der Waals surface area contributed by atoms with Crippen molar-refractivity contribution in [1.82, 2.24) is 9.97 Å². The number of nitrogens with zero attached hydrogens (tertiary/aromatic N) is 2. The highest BCUT2D eigenvalue weighted by Crippen LogP contribution is 2.35. The molecule has 1 amide bonds. The van der Waals surface area contributed by atoms with E-state index in [0.29, 0.717) is 16.3 Å². The number of alkyl halides is 3. The molecule has 3 heterocycles. The Morgan fingerprint density at radius 2 is 1.96 bits per heavy atom. The summed E-state index contributed by atoms with van der Waals surface area (Å²) < 4.78 is 38.0. The van der Waals surface area contributed by atoms with E-state index in [9.17, 15) is 18.0 Å². The van der Waals surface area contributed by atoms with Crippen LogP contribution >= 0.6 is 23.1 Å². The first kappa shape index (κ1) is 18.4. The summed E-state index contributed by atoms with van der Waals surface area (Å²) in [5, 5.41) is 4.12. The summed E-state index contributed by atoms with van der Waals surface area (Å²) in [7, 11) is 0. The highest BCUT2D eigenvalue weighted by molar-refractivity contribution is 7.98. The van der Waals surface area contributed by atoms with Crippen LogP contribution in [-0.2, 0) is 11.9 Å². The van der Waals surface area contributed by atoms with Crippen LogP contribution in [0.1, 0.15) is 21.5 Å². The third-order valence-corrected chi connectivity index (χ3v) is 5.23. The lowest BCUT2D eigenvalue weighted by Crippen LogP contribution is -2.13. The number of hydrogen-bond acceptors (Lipinski definition) is 5. The molecule has 4 nitrogen and oxygen atoms in total. The second-order valence-electron chi connectivity index (χ2n) is 5.15. The van der Waals surface area contributed by atoms with Gasteiger partial charge < -0.3 is 5.32 Å². The summed E-state index contributed by atoms with van der Waals surface area (Å²) >= 11 is 2.20. The Morgan fingerprint density at radius 3 is 2.65 bits per heavy atom. The zero-order valence-corrected chi connectivity index (χ0v) is 14.8. The summed E-state index contributed by atoms with van der Waals surface area (Å²) in [4.78, 5) is 20.6.